The monoisotopic (exact) mass is 300 g/mol. The Morgan fingerprint density at radius 2 is 1.86 bits per heavy atom. The number of hydrogen-bond acceptors (Lipinski definition) is 3. The number of benzene rings is 1. The molecule has 0 fully saturated rings. The maximum Gasteiger partial charge on any atom is 0.416 e. The quantitative estimate of drug-likeness (QED) is 0.887. The summed E-state index contributed by atoms with van der Waals surface area (Å²) in [6.07, 6.45) is -2.31. The molecule has 2 rings (SSSR count). The van der Waals surface area contributed by atoms with Crippen LogP contribution in [0.2, 0.25) is 0 Å². The molecular weight excluding hydrogens is 285 g/mol. The third-order valence-electron chi connectivity index (χ3n) is 3.00. The molecule has 0 bridgehead atoms. The molecule has 0 amide bonds. The third-order valence-corrected chi connectivity index (χ3v) is 3.00. The van der Waals surface area contributed by atoms with E-state index in [0.717, 1.165) is 17.9 Å². The molecule has 1 N–H and O–H groups in total. The van der Waals surface area contributed by atoms with Gasteiger partial charge in [0.1, 0.15) is 11.5 Å². The SMILES string of the molecule is OCC(COc1ccc(C(F)(F)F)cc1)Cc1ccco1. The van der Waals surface area contributed by atoms with E-state index in [1.807, 2.05) is 0 Å². The van der Waals surface area contributed by atoms with Gasteiger partial charge in [-0.3, -0.25) is 0 Å². The number of furan rings is 1. The van der Waals surface area contributed by atoms with Gasteiger partial charge in [-0.1, -0.05) is 0 Å². The van der Waals surface area contributed by atoms with Gasteiger partial charge in [0.15, 0.2) is 0 Å². The van der Waals surface area contributed by atoms with Crippen molar-refractivity contribution in [3.05, 3.63) is 54.0 Å². The van der Waals surface area contributed by atoms with E-state index in [1.54, 1.807) is 18.4 Å². The molecule has 21 heavy (non-hydrogen) atoms. The molecule has 2 aromatic rings. The Labute approximate surface area is 120 Å². The molecule has 6 heteroatoms. The maximum absolute atomic E-state index is 12.4. The largest absolute Gasteiger partial charge is 0.493 e. The fourth-order valence-corrected chi connectivity index (χ4v) is 1.84. The lowest BCUT2D eigenvalue weighted by Crippen LogP contribution is -2.18. The highest BCUT2D eigenvalue weighted by Crippen LogP contribution is 2.30. The Morgan fingerprint density at radius 3 is 2.38 bits per heavy atom. The van der Waals surface area contributed by atoms with Gasteiger partial charge in [-0.05, 0) is 36.4 Å². The minimum Gasteiger partial charge on any atom is -0.493 e. The molecule has 0 aliphatic heterocycles. The lowest BCUT2D eigenvalue weighted by Gasteiger charge is -2.14. The third kappa shape index (κ3) is 4.53. The van der Waals surface area contributed by atoms with Crippen molar-refractivity contribution in [1.29, 1.82) is 0 Å². The number of aliphatic hydroxyl groups is 1. The standard InChI is InChI=1S/C15H15F3O3/c16-15(17,18)12-3-5-13(6-4-12)21-10-11(9-19)8-14-2-1-7-20-14/h1-7,11,19H,8-10H2. The summed E-state index contributed by atoms with van der Waals surface area (Å²) in [7, 11) is 0. The van der Waals surface area contributed by atoms with E-state index in [2.05, 4.69) is 0 Å². The Hall–Kier alpha value is -1.95. The molecular formula is C15H15F3O3. The van der Waals surface area contributed by atoms with E-state index in [1.165, 1.54) is 12.1 Å². The van der Waals surface area contributed by atoms with E-state index in [0.29, 0.717) is 12.2 Å². The minimum atomic E-state index is -4.36. The number of rotatable bonds is 6. The summed E-state index contributed by atoms with van der Waals surface area (Å²) in [6, 6.07) is 8.02. The van der Waals surface area contributed by atoms with Gasteiger partial charge in [0.25, 0.3) is 0 Å². The van der Waals surface area contributed by atoms with Crippen LogP contribution in [0.25, 0.3) is 0 Å². The molecule has 1 aromatic carbocycles. The Kier molecular flexibility index (Phi) is 4.90. The van der Waals surface area contributed by atoms with Crippen molar-refractivity contribution in [2.45, 2.75) is 12.6 Å². The fourth-order valence-electron chi connectivity index (χ4n) is 1.84. The smallest absolute Gasteiger partial charge is 0.416 e. The molecule has 0 saturated carbocycles. The summed E-state index contributed by atoms with van der Waals surface area (Å²) in [5.74, 6) is 0.879. The van der Waals surface area contributed by atoms with Crippen LogP contribution in [0.5, 0.6) is 5.75 Å². The first-order chi connectivity index (χ1) is 9.99. The van der Waals surface area contributed by atoms with Crippen LogP contribution in [0, 0.1) is 5.92 Å². The molecule has 3 nitrogen and oxygen atoms in total. The van der Waals surface area contributed by atoms with Crippen molar-refractivity contribution in [2.24, 2.45) is 5.92 Å². The van der Waals surface area contributed by atoms with Gasteiger partial charge in [0.05, 0.1) is 18.4 Å². The molecule has 0 spiro atoms. The van der Waals surface area contributed by atoms with Crippen LogP contribution in [-0.2, 0) is 12.6 Å². The van der Waals surface area contributed by atoms with Gasteiger partial charge < -0.3 is 14.3 Å². The zero-order valence-electron chi connectivity index (χ0n) is 11.1. The van der Waals surface area contributed by atoms with E-state index < -0.39 is 11.7 Å². The molecule has 1 atom stereocenters. The number of alkyl halides is 3. The van der Waals surface area contributed by atoms with Gasteiger partial charge in [0, 0.05) is 18.9 Å². The number of hydrogen-bond donors (Lipinski definition) is 1. The van der Waals surface area contributed by atoms with Crippen LogP contribution in [0.4, 0.5) is 13.2 Å². The average Bonchev–Trinajstić information content (AvgIpc) is 2.96. The molecule has 0 aliphatic rings. The van der Waals surface area contributed by atoms with Crippen molar-refractivity contribution in [3.63, 3.8) is 0 Å². The summed E-state index contributed by atoms with van der Waals surface area (Å²) < 4.78 is 47.8. The number of halogens is 3. The summed E-state index contributed by atoms with van der Waals surface area (Å²) in [6.45, 7) is 0.101. The molecule has 114 valence electrons. The number of ether oxygens (including phenoxy) is 1. The molecule has 1 aromatic heterocycles. The van der Waals surface area contributed by atoms with Crippen LogP contribution in [-0.4, -0.2) is 18.3 Å². The summed E-state index contributed by atoms with van der Waals surface area (Å²) >= 11 is 0. The fraction of sp³-hybridized carbons (Fsp3) is 0.333. The van der Waals surface area contributed by atoms with Crippen LogP contribution in [0.15, 0.2) is 47.1 Å². The average molecular weight is 300 g/mol. The van der Waals surface area contributed by atoms with Crippen molar-refractivity contribution in [1.82, 2.24) is 0 Å². The molecule has 0 saturated heterocycles. The van der Waals surface area contributed by atoms with Gasteiger partial charge in [0.2, 0.25) is 0 Å². The molecule has 1 unspecified atom stereocenters. The van der Waals surface area contributed by atoms with E-state index >= 15 is 0 Å². The Bertz CT molecular complexity index is 532. The van der Waals surface area contributed by atoms with Crippen molar-refractivity contribution in [2.75, 3.05) is 13.2 Å². The zero-order chi connectivity index (χ0) is 15.3. The second-order valence-corrected chi connectivity index (χ2v) is 4.67. The number of aliphatic hydroxyl groups excluding tert-OH is 1. The van der Waals surface area contributed by atoms with Crippen LogP contribution in [0.1, 0.15) is 11.3 Å². The van der Waals surface area contributed by atoms with Crippen molar-refractivity contribution >= 4 is 0 Å². The molecule has 0 radical (unpaired) electrons. The highest BCUT2D eigenvalue weighted by atomic mass is 19.4. The zero-order valence-corrected chi connectivity index (χ0v) is 11.1. The highest BCUT2D eigenvalue weighted by Gasteiger charge is 2.30. The molecule has 1 heterocycles. The first-order valence-corrected chi connectivity index (χ1v) is 6.42. The van der Waals surface area contributed by atoms with Gasteiger partial charge in [-0.15, -0.1) is 0 Å². The van der Waals surface area contributed by atoms with Gasteiger partial charge >= 0.3 is 6.18 Å². The van der Waals surface area contributed by atoms with E-state index in [9.17, 15) is 18.3 Å². The predicted molar refractivity (Wildman–Crippen MR) is 69.9 cm³/mol. The van der Waals surface area contributed by atoms with Gasteiger partial charge in [-0.2, -0.15) is 13.2 Å². The first kappa shape index (κ1) is 15.4. The summed E-state index contributed by atoms with van der Waals surface area (Å²) in [5, 5.41) is 9.28. The highest BCUT2D eigenvalue weighted by molar-refractivity contribution is 5.28. The van der Waals surface area contributed by atoms with Crippen molar-refractivity contribution in [3.8, 4) is 5.75 Å². The molecule has 0 aliphatic carbocycles. The maximum atomic E-state index is 12.4. The van der Waals surface area contributed by atoms with Crippen LogP contribution >= 0.6 is 0 Å². The summed E-state index contributed by atoms with van der Waals surface area (Å²) in [5.41, 5.74) is -0.718. The van der Waals surface area contributed by atoms with E-state index in [4.69, 9.17) is 9.15 Å². The normalized spacial score (nSPS) is 13.1. The second kappa shape index (κ2) is 6.67. The lowest BCUT2D eigenvalue weighted by atomic mass is 10.1. The lowest BCUT2D eigenvalue weighted by molar-refractivity contribution is -0.137. The Morgan fingerprint density at radius 1 is 1.14 bits per heavy atom. The van der Waals surface area contributed by atoms with Gasteiger partial charge in [-0.25, -0.2) is 0 Å². The van der Waals surface area contributed by atoms with Crippen LogP contribution < -0.4 is 4.74 Å². The van der Waals surface area contributed by atoms with E-state index in [-0.39, 0.29) is 19.1 Å². The topological polar surface area (TPSA) is 42.6 Å². The second-order valence-electron chi connectivity index (χ2n) is 4.67. The first-order valence-electron chi connectivity index (χ1n) is 6.42. The van der Waals surface area contributed by atoms with Crippen LogP contribution in [0.3, 0.4) is 0 Å². The predicted octanol–water partition coefficient (Wildman–Crippen LogP) is 3.53. The van der Waals surface area contributed by atoms with Crippen molar-refractivity contribution < 1.29 is 27.4 Å². The Balaban J connectivity index is 1.89. The minimum absolute atomic E-state index is 0.0959. The summed E-state index contributed by atoms with van der Waals surface area (Å²) in [4.78, 5) is 0.